The van der Waals surface area contributed by atoms with Gasteiger partial charge in [-0.3, -0.25) is 14.6 Å². The fourth-order valence-electron chi connectivity index (χ4n) is 3.61. The predicted octanol–water partition coefficient (Wildman–Crippen LogP) is 2.56. The van der Waals surface area contributed by atoms with Gasteiger partial charge in [0.05, 0.1) is 24.9 Å². The number of hydrogen-bond acceptors (Lipinski definition) is 6. The molecule has 170 valence electrons. The van der Waals surface area contributed by atoms with Crippen LogP contribution < -0.4 is 10.1 Å². The molecule has 2 aromatic carbocycles. The molecule has 4 rings (SSSR count). The van der Waals surface area contributed by atoms with Crippen molar-refractivity contribution in [2.45, 2.75) is 18.7 Å². The first-order chi connectivity index (χ1) is 16.1. The number of anilines is 1. The third kappa shape index (κ3) is 5.94. The number of pyridine rings is 1. The molecule has 8 nitrogen and oxygen atoms in total. The molecule has 0 saturated carbocycles. The highest BCUT2D eigenvalue weighted by atomic mass is 16.5. The smallest absolute Gasteiger partial charge is 0.262 e. The largest absolute Gasteiger partial charge is 0.484 e. The van der Waals surface area contributed by atoms with Gasteiger partial charge in [-0.1, -0.05) is 36.4 Å². The molecule has 3 aromatic rings. The SMILES string of the molecule is O=C(COc1ccccc1)Nc1ccc(C(O)C2COCC(=O)N2Cc2ccccn2)cc1. The van der Waals surface area contributed by atoms with Crippen molar-refractivity contribution in [2.75, 3.05) is 25.1 Å². The second-order valence-corrected chi connectivity index (χ2v) is 7.64. The zero-order chi connectivity index (χ0) is 23.0. The number of nitrogens with zero attached hydrogens (tertiary/aromatic N) is 2. The van der Waals surface area contributed by atoms with Gasteiger partial charge in [0.25, 0.3) is 5.91 Å². The van der Waals surface area contributed by atoms with E-state index in [-0.39, 0.29) is 31.6 Å². The van der Waals surface area contributed by atoms with Crippen LogP contribution in [0.2, 0.25) is 0 Å². The van der Waals surface area contributed by atoms with Crippen molar-refractivity contribution < 1.29 is 24.2 Å². The summed E-state index contributed by atoms with van der Waals surface area (Å²) in [4.78, 5) is 30.5. The van der Waals surface area contributed by atoms with Crippen LogP contribution in [0.4, 0.5) is 5.69 Å². The van der Waals surface area contributed by atoms with Crippen LogP contribution in [0, 0.1) is 0 Å². The lowest BCUT2D eigenvalue weighted by atomic mass is 9.99. The summed E-state index contributed by atoms with van der Waals surface area (Å²) >= 11 is 0. The Balaban J connectivity index is 1.37. The summed E-state index contributed by atoms with van der Waals surface area (Å²) in [7, 11) is 0. The third-order valence-electron chi connectivity index (χ3n) is 5.31. The van der Waals surface area contributed by atoms with E-state index in [0.717, 1.165) is 5.69 Å². The maximum Gasteiger partial charge on any atom is 0.262 e. The summed E-state index contributed by atoms with van der Waals surface area (Å²) in [6.07, 6.45) is 0.716. The van der Waals surface area contributed by atoms with E-state index >= 15 is 0 Å². The summed E-state index contributed by atoms with van der Waals surface area (Å²) in [5.41, 5.74) is 1.93. The van der Waals surface area contributed by atoms with Crippen molar-refractivity contribution in [1.29, 1.82) is 0 Å². The van der Waals surface area contributed by atoms with Gasteiger partial charge < -0.3 is 24.8 Å². The molecule has 33 heavy (non-hydrogen) atoms. The second kappa shape index (κ2) is 10.7. The molecule has 8 heteroatoms. The molecule has 0 radical (unpaired) electrons. The van der Waals surface area contributed by atoms with Gasteiger partial charge in [-0.15, -0.1) is 0 Å². The molecule has 1 aromatic heterocycles. The number of carbonyl (C=O) groups is 2. The number of ether oxygens (including phenoxy) is 2. The van der Waals surface area contributed by atoms with Crippen LogP contribution in [0.15, 0.2) is 79.0 Å². The topological polar surface area (TPSA) is 101 Å². The fourth-order valence-corrected chi connectivity index (χ4v) is 3.61. The van der Waals surface area contributed by atoms with Crippen LogP contribution in [0.5, 0.6) is 5.75 Å². The van der Waals surface area contributed by atoms with Crippen LogP contribution in [-0.2, 0) is 20.9 Å². The second-order valence-electron chi connectivity index (χ2n) is 7.64. The number of nitrogens with one attached hydrogen (secondary N) is 1. The third-order valence-corrected chi connectivity index (χ3v) is 5.31. The number of amides is 2. The minimum atomic E-state index is -0.955. The molecule has 1 saturated heterocycles. The first kappa shape index (κ1) is 22.4. The first-order valence-corrected chi connectivity index (χ1v) is 10.6. The standard InChI is InChI=1S/C25H25N3O5/c29-23(16-33-21-7-2-1-3-8-21)27-19-11-9-18(10-12-19)25(31)22-15-32-17-24(30)28(22)14-20-6-4-5-13-26-20/h1-13,22,25,31H,14-17H2,(H,27,29). The molecule has 2 atom stereocenters. The van der Waals surface area contributed by atoms with Gasteiger partial charge in [0.1, 0.15) is 18.5 Å². The number of benzene rings is 2. The van der Waals surface area contributed by atoms with E-state index in [2.05, 4.69) is 10.3 Å². The summed E-state index contributed by atoms with van der Waals surface area (Å²) in [5, 5.41) is 13.8. The number of rotatable bonds is 8. The van der Waals surface area contributed by atoms with Crippen LogP contribution in [-0.4, -0.2) is 52.7 Å². The minimum Gasteiger partial charge on any atom is -0.484 e. The van der Waals surface area contributed by atoms with Crippen LogP contribution in [0.25, 0.3) is 0 Å². The van der Waals surface area contributed by atoms with Crippen molar-refractivity contribution in [2.24, 2.45) is 0 Å². The van der Waals surface area contributed by atoms with E-state index < -0.39 is 12.1 Å². The Morgan fingerprint density at radius 3 is 2.61 bits per heavy atom. The van der Waals surface area contributed by atoms with Crippen molar-refractivity contribution >= 4 is 17.5 Å². The molecule has 2 unspecified atom stereocenters. The van der Waals surface area contributed by atoms with E-state index in [0.29, 0.717) is 23.5 Å². The van der Waals surface area contributed by atoms with Gasteiger partial charge in [0.2, 0.25) is 5.91 Å². The molecule has 1 aliphatic rings. The van der Waals surface area contributed by atoms with E-state index in [4.69, 9.17) is 9.47 Å². The van der Waals surface area contributed by atoms with Gasteiger partial charge in [-0.05, 0) is 42.0 Å². The minimum absolute atomic E-state index is 0.0218. The predicted molar refractivity (Wildman–Crippen MR) is 121 cm³/mol. The summed E-state index contributed by atoms with van der Waals surface area (Å²) in [5.74, 6) is 0.129. The molecule has 2 amide bonds. The summed E-state index contributed by atoms with van der Waals surface area (Å²) < 4.78 is 10.8. The Hall–Kier alpha value is -3.75. The molecule has 1 aliphatic heterocycles. The Kier molecular flexibility index (Phi) is 7.29. The number of hydrogen-bond donors (Lipinski definition) is 2. The number of aliphatic hydroxyl groups excluding tert-OH is 1. The highest BCUT2D eigenvalue weighted by Crippen LogP contribution is 2.26. The zero-order valence-electron chi connectivity index (χ0n) is 18.0. The number of morpholine rings is 1. The van der Waals surface area contributed by atoms with Gasteiger partial charge in [-0.25, -0.2) is 0 Å². The lowest BCUT2D eigenvalue weighted by molar-refractivity contribution is -0.155. The van der Waals surface area contributed by atoms with E-state index in [1.165, 1.54) is 0 Å². The Morgan fingerprint density at radius 1 is 1.12 bits per heavy atom. The lowest BCUT2D eigenvalue weighted by Gasteiger charge is -2.38. The Morgan fingerprint density at radius 2 is 1.88 bits per heavy atom. The summed E-state index contributed by atoms with van der Waals surface area (Å²) in [6.45, 7) is 0.375. The normalized spacial score (nSPS) is 16.8. The molecule has 0 bridgehead atoms. The van der Waals surface area contributed by atoms with Gasteiger partial charge >= 0.3 is 0 Å². The van der Waals surface area contributed by atoms with Crippen molar-refractivity contribution in [3.8, 4) is 5.75 Å². The van der Waals surface area contributed by atoms with Crippen LogP contribution in [0.3, 0.4) is 0 Å². The number of para-hydroxylation sites is 1. The molecule has 1 fully saturated rings. The molecular formula is C25H25N3O5. The average Bonchev–Trinajstić information content (AvgIpc) is 2.85. The molecule has 2 heterocycles. The lowest BCUT2D eigenvalue weighted by Crippen LogP contribution is -2.51. The first-order valence-electron chi connectivity index (χ1n) is 10.6. The number of aromatic nitrogens is 1. The highest BCUT2D eigenvalue weighted by molar-refractivity contribution is 5.91. The quantitative estimate of drug-likeness (QED) is 0.551. The molecule has 2 N–H and O–H groups in total. The zero-order valence-corrected chi connectivity index (χ0v) is 18.0. The van der Waals surface area contributed by atoms with Crippen LogP contribution >= 0.6 is 0 Å². The van der Waals surface area contributed by atoms with Crippen molar-refractivity contribution in [3.05, 3.63) is 90.3 Å². The average molecular weight is 447 g/mol. The Labute approximate surface area is 191 Å². The Bertz CT molecular complexity index is 1060. The van der Waals surface area contributed by atoms with Crippen LogP contribution in [0.1, 0.15) is 17.4 Å². The van der Waals surface area contributed by atoms with Gasteiger partial charge in [-0.2, -0.15) is 0 Å². The number of aliphatic hydroxyl groups is 1. The number of carbonyl (C=O) groups excluding carboxylic acids is 2. The van der Waals surface area contributed by atoms with E-state index in [9.17, 15) is 14.7 Å². The molecule has 0 aliphatic carbocycles. The van der Waals surface area contributed by atoms with Crippen molar-refractivity contribution in [1.82, 2.24) is 9.88 Å². The highest BCUT2D eigenvalue weighted by Gasteiger charge is 2.34. The maximum atomic E-state index is 12.5. The monoisotopic (exact) mass is 447 g/mol. The van der Waals surface area contributed by atoms with E-state index in [1.807, 2.05) is 36.4 Å². The van der Waals surface area contributed by atoms with E-state index in [1.54, 1.807) is 47.5 Å². The fraction of sp³-hybridized carbons (Fsp3) is 0.240. The molecular weight excluding hydrogens is 422 g/mol. The molecule has 0 spiro atoms. The van der Waals surface area contributed by atoms with Gasteiger partial charge in [0, 0.05) is 11.9 Å². The van der Waals surface area contributed by atoms with Gasteiger partial charge in [0.15, 0.2) is 6.61 Å². The maximum absolute atomic E-state index is 12.5. The van der Waals surface area contributed by atoms with Crippen molar-refractivity contribution in [3.63, 3.8) is 0 Å². The summed E-state index contributed by atoms with van der Waals surface area (Å²) in [6, 6.07) is 20.9.